The molecule has 1 N–H and O–H groups in total. The summed E-state index contributed by atoms with van der Waals surface area (Å²) in [5.74, 6) is 1.49. The fraction of sp³-hybridized carbons (Fsp3) is 0.190. The molecular weight excluding hydrogens is 415 g/mol. The first-order valence-corrected chi connectivity index (χ1v) is 9.80. The van der Waals surface area contributed by atoms with Gasteiger partial charge in [-0.25, -0.2) is 0 Å². The Morgan fingerprint density at radius 3 is 2.50 bits per heavy atom. The van der Waals surface area contributed by atoms with E-state index in [1.165, 1.54) is 0 Å². The van der Waals surface area contributed by atoms with Gasteiger partial charge < -0.3 is 19.4 Å². The zero-order valence-electron chi connectivity index (χ0n) is 15.5. The Labute approximate surface area is 180 Å². The van der Waals surface area contributed by atoms with Gasteiger partial charge in [0.15, 0.2) is 5.11 Å². The van der Waals surface area contributed by atoms with E-state index in [1.54, 1.807) is 13.4 Å². The molecule has 0 atom stereocenters. The van der Waals surface area contributed by atoms with Gasteiger partial charge in [-0.05, 0) is 61.1 Å². The Balaban J connectivity index is 1.88. The van der Waals surface area contributed by atoms with Crippen LogP contribution in [0.2, 0.25) is 10.0 Å². The van der Waals surface area contributed by atoms with Gasteiger partial charge in [-0.1, -0.05) is 35.3 Å². The van der Waals surface area contributed by atoms with E-state index >= 15 is 0 Å². The zero-order valence-corrected chi connectivity index (χ0v) is 17.9. The summed E-state index contributed by atoms with van der Waals surface area (Å²) < 4.78 is 10.9. The maximum atomic E-state index is 6.37. The monoisotopic (exact) mass is 434 g/mol. The van der Waals surface area contributed by atoms with Crippen LogP contribution in [0.4, 0.5) is 5.69 Å². The minimum atomic E-state index is 0.430. The number of ether oxygens (including phenoxy) is 1. The highest BCUT2D eigenvalue weighted by molar-refractivity contribution is 7.80. The number of hydrogen-bond donors (Lipinski definition) is 1. The molecule has 0 fully saturated rings. The van der Waals surface area contributed by atoms with Crippen LogP contribution >= 0.6 is 35.4 Å². The van der Waals surface area contributed by atoms with E-state index in [9.17, 15) is 0 Å². The molecule has 146 valence electrons. The number of methoxy groups -OCH3 is 1. The highest BCUT2D eigenvalue weighted by Gasteiger charge is 2.17. The number of hydrogen-bond acceptors (Lipinski definition) is 3. The van der Waals surface area contributed by atoms with Gasteiger partial charge in [-0.2, -0.15) is 0 Å². The molecule has 0 saturated heterocycles. The predicted molar refractivity (Wildman–Crippen MR) is 118 cm³/mol. The fourth-order valence-corrected chi connectivity index (χ4v) is 3.53. The van der Waals surface area contributed by atoms with Crippen LogP contribution < -0.4 is 10.1 Å². The topological polar surface area (TPSA) is 37.6 Å². The Morgan fingerprint density at radius 2 is 1.86 bits per heavy atom. The number of halogens is 2. The summed E-state index contributed by atoms with van der Waals surface area (Å²) in [7, 11) is 1.63. The van der Waals surface area contributed by atoms with Gasteiger partial charge in [0.05, 0.1) is 25.6 Å². The van der Waals surface area contributed by atoms with E-state index in [-0.39, 0.29) is 0 Å². The minimum Gasteiger partial charge on any atom is -0.495 e. The van der Waals surface area contributed by atoms with Crippen LogP contribution in [-0.4, -0.2) is 17.1 Å². The molecule has 0 amide bonds. The number of nitrogens with one attached hydrogen (secondary N) is 1. The Bertz CT molecular complexity index is 941. The maximum absolute atomic E-state index is 6.37. The summed E-state index contributed by atoms with van der Waals surface area (Å²) >= 11 is 18.4. The van der Waals surface area contributed by atoms with E-state index in [2.05, 4.69) is 5.32 Å². The number of thiocarbonyl (C=S) groups is 1. The molecule has 2 aromatic carbocycles. The van der Waals surface area contributed by atoms with E-state index < -0.39 is 0 Å². The molecule has 1 aromatic heterocycles. The molecule has 0 aliphatic carbocycles. The van der Waals surface area contributed by atoms with Crippen molar-refractivity contribution >= 4 is 46.2 Å². The van der Waals surface area contributed by atoms with E-state index in [0.29, 0.717) is 34.0 Å². The Kier molecular flexibility index (Phi) is 6.83. The van der Waals surface area contributed by atoms with Crippen LogP contribution in [-0.2, 0) is 13.1 Å². The largest absolute Gasteiger partial charge is 0.495 e. The van der Waals surface area contributed by atoms with Gasteiger partial charge in [0.25, 0.3) is 0 Å². The molecule has 0 unspecified atom stereocenters. The average molecular weight is 435 g/mol. The normalized spacial score (nSPS) is 10.6. The summed E-state index contributed by atoms with van der Waals surface area (Å²) in [6, 6.07) is 15.1. The van der Waals surface area contributed by atoms with Gasteiger partial charge in [-0.3, -0.25) is 0 Å². The molecule has 0 aliphatic rings. The van der Waals surface area contributed by atoms with Crippen LogP contribution in [0.3, 0.4) is 0 Å². The SMILES string of the molecule is COc1ccc(C)cc1NC(=S)N(Cc1ccco1)Cc1c(Cl)cccc1Cl. The summed E-state index contributed by atoms with van der Waals surface area (Å²) in [4.78, 5) is 1.95. The molecule has 3 rings (SSSR count). The summed E-state index contributed by atoms with van der Waals surface area (Å²) in [6.45, 7) is 2.91. The summed E-state index contributed by atoms with van der Waals surface area (Å²) in [5.41, 5.74) is 2.69. The summed E-state index contributed by atoms with van der Waals surface area (Å²) in [5, 5.41) is 4.97. The number of nitrogens with zero attached hydrogens (tertiary/aromatic N) is 1. The van der Waals surface area contributed by atoms with Gasteiger partial charge in [0, 0.05) is 22.2 Å². The third-order valence-electron chi connectivity index (χ3n) is 4.22. The lowest BCUT2D eigenvalue weighted by Gasteiger charge is -2.26. The first-order valence-electron chi connectivity index (χ1n) is 8.63. The van der Waals surface area contributed by atoms with Crippen LogP contribution in [0.1, 0.15) is 16.9 Å². The number of benzene rings is 2. The highest BCUT2D eigenvalue weighted by Crippen LogP contribution is 2.29. The first kappa shape index (κ1) is 20.5. The number of aryl methyl sites for hydroxylation is 1. The van der Waals surface area contributed by atoms with E-state index in [1.807, 2.05) is 60.4 Å². The molecule has 1 heterocycles. The van der Waals surface area contributed by atoms with Crippen molar-refractivity contribution in [3.05, 3.63) is 81.7 Å². The van der Waals surface area contributed by atoms with Gasteiger partial charge in [0.1, 0.15) is 11.5 Å². The lowest BCUT2D eigenvalue weighted by atomic mass is 10.2. The zero-order chi connectivity index (χ0) is 20.1. The molecule has 7 heteroatoms. The second-order valence-electron chi connectivity index (χ2n) is 6.27. The highest BCUT2D eigenvalue weighted by atomic mass is 35.5. The van der Waals surface area contributed by atoms with Gasteiger partial charge in [0.2, 0.25) is 0 Å². The van der Waals surface area contributed by atoms with Crippen molar-refractivity contribution in [1.82, 2.24) is 4.90 Å². The average Bonchev–Trinajstić information content (AvgIpc) is 3.17. The first-order chi connectivity index (χ1) is 13.5. The van der Waals surface area contributed by atoms with Crippen molar-refractivity contribution in [2.75, 3.05) is 12.4 Å². The van der Waals surface area contributed by atoms with Crippen LogP contribution in [0, 0.1) is 6.92 Å². The minimum absolute atomic E-state index is 0.430. The fourth-order valence-electron chi connectivity index (χ4n) is 2.78. The molecule has 0 radical (unpaired) electrons. The third kappa shape index (κ3) is 4.98. The predicted octanol–water partition coefficient (Wildman–Crippen LogP) is 6.30. The molecule has 0 spiro atoms. The molecule has 28 heavy (non-hydrogen) atoms. The van der Waals surface area contributed by atoms with Crippen molar-refractivity contribution in [3.8, 4) is 5.75 Å². The molecule has 4 nitrogen and oxygen atoms in total. The van der Waals surface area contributed by atoms with Crippen LogP contribution in [0.15, 0.2) is 59.2 Å². The lowest BCUT2D eigenvalue weighted by molar-refractivity contribution is 0.360. The number of furan rings is 1. The third-order valence-corrected chi connectivity index (χ3v) is 5.29. The Morgan fingerprint density at radius 1 is 1.11 bits per heavy atom. The standard InChI is InChI=1S/C21H20Cl2N2O2S/c1-14-8-9-20(26-2)19(11-14)24-21(28)25(12-15-5-4-10-27-15)13-16-17(22)6-3-7-18(16)23/h3-11H,12-13H2,1-2H3,(H,24,28). The van der Waals surface area contributed by atoms with Crippen molar-refractivity contribution < 1.29 is 9.15 Å². The van der Waals surface area contributed by atoms with Crippen LogP contribution in [0.5, 0.6) is 5.75 Å². The van der Waals surface area contributed by atoms with Crippen molar-refractivity contribution in [3.63, 3.8) is 0 Å². The van der Waals surface area contributed by atoms with Gasteiger partial charge in [-0.15, -0.1) is 0 Å². The molecule has 0 saturated carbocycles. The van der Waals surface area contributed by atoms with Gasteiger partial charge >= 0.3 is 0 Å². The molecule has 0 bridgehead atoms. The molecule has 3 aromatic rings. The lowest BCUT2D eigenvalue weighted by Crippen LogP contribution is -2.34. The van der Waals surface area contributed by atoms with Crippen molar-refractivity contribution in [1.29, 1.82) is 0 Å². The molecule has 0 aliphatic heterocycles. The molecular formula is C21H20Cl2N2O2S. The van der Waals surface area contributed by atoms with Crippen LogP contribution in [0.25, 0.3) is 0 Å². The number of rotatable bonds is 6. The van der Waals surface area contributed by atoms with Crippen molar-refractivity contribution in [2.24, 2.45) is 0 Å². The second kappa shape index (κ2) is 9.32. The van der Waals surface area contributed by atoms with E-state index in [4.69, 9.17) is 44.6 Å². The Hall–Kier alpha value is -2.21. The smallest absolute Gasteiger partial charge is 0.174 e. The second-order valence-corrected chi connectivity index (χ2v) is 7.47. The quantitative estimate of drug-likeness (QED) is 0.460. The van der Waals surface area contributed by atoms with Crippen molar-refractivity contribution in [2.45, 2.75) is 20.0 Å². The van der Waals surface area contributed by atoms with E-state index in [0.717, 1.165) is 22.6 Å². The number of anilines is 1. The maximum Gasteiger partial charge on any atom is 0.174 e. The summed E-state index contributed by atoms with van der Waals surface area (Å²) in [6.07, 6.45) is 1.63.